The number of hydrogen-bond donors (Lipinski definition) is 4. The zero-order valence-corrected chi connectivity index (χ0v) is 17.1. The van der Waals surface area contributed by atoms with E-state index in [4.69, 9.17) is 14.6 Å². The van der Waals surface area contributed by atoms with E-state index in [1.54, 1.807) is 0 Å². The standard InChI is InChI=1S/C23H32O7/c24-18(23-29-14-15-7-5-6-9-21(15)30-23)12-11-17-16(19(25)13-20(17)26)8-3-1-2-4-10-22(27)28/h1,3,5-7,9,16-20,23-26H,2,4,8,10-14H2,(H,27,28)/t16-,17-,18-,19+,20-,23-/m1/s1. The summed E-state index contributed by atoms with van der Waals surface area (Å²) in [6, 6.07) is 7.57. The van der Waals surface area contributed by atoms with E-state index in [2.05, 4.69) is 0 Å². The summed E-state index contributed by atoms with van der Waals surface area (Å²) in [5, 5.41) is 40.0. The van der Waals surface area contributed by atoms with Gasteiger partial charge >= 0.3 is 5.97 Å². The van der Waals surface area contributed by atoms with Crippen LogP contribution in [-0.2, 0) is 16.1 Å². The van der Waals surface area contributed by atoms with E-state index in [9.17, 15) is 20.1 Å². The Morgan fingerprint density at radius 2 is 1.93 bits per heavy atom. The van der Waals surface area contributed by atoms with Crippen LogP contribution in [0.3, 0.4) is 0 Å². The van der Waals surface area contributed by atoms with Gasteiger partial charge in [-0.15, -0.1) is 0 Å². The highest BCUT2D eigenvalue weighted by Gasteiger charge is 2.41. The van der Waals surface area contributed by atoms with Gasteiger partial charge in [0.25, 0.3) is 0 Å². The van der Waals surface area contributed by atoms with Crippen molar-refractivity contribution in [1.29, 1.82) is 0 Å². The van der Waals surface area contributed by atoms with Crippen LogP contribution in [0.25, 0.3) is 0 Å². The molecule has 166 valence electrons. The van der Waals surface area contributed by atoms with Gasteiger partial charge < -0.3 is 29.9 Å². The van der Waals surface area contributed by atoms with E-state index in [-0.39, 0.29) is 18.3 Å². The lowest BCUT2D eigenvalue weighted by molar-refractivity contribution is -0.168. The minimum absolute atomic E-state index is 0.0863. The van der Waals surface area contributed by atoms with Crippen LogP contribution in [0, 0.1) is 11.8 Å². The number of aliphatic carboxylic acids is 1. The Morgan fingerprint density at radius 1 is 1.17 bits per heavy atom. The maximum absolute atomic E-state index is 10.6. The van der Waals surface area contributed by atoms with Crippen LogP contribution in [0.15, 0.2) is 36.4 Å². The maximum atomic E-state index is 10.6. The topological polar surface area (TPSA) is 116 Å². The molecule has 0 aromatic heterocycles. The van der Waals surface area contributed by atoms with Gasteiger partial charge in [0.1, 0.15) is 11.9 Å². The second-order valence-electron chi connectivity index (χ2n) is 8.24. The van der Waals surface area contributed by atoms with E-state index in [0.29, 0.717) is 45.1 Å². The molecule has 0 radical (unpaired) electrons. The van der Waals surface area contributed by atoms with Gasteiger partial charge in [0, 0.05) is 12.0 Å². The van der Waals surface area contributed by atoms with Crippen molar-refractivity contribution in [2.75, 3.05) is 0 Å². The van der Waals surface area contributed by atoms with Crippen molar-refractivity contribution in [1.82, 2.24) is 0 Å². The first-order valence-corrected chi connectivity index (χ1v) is 10.7. The molecule has 1 fully saturated rings. The van der Waals surface area contributed by atoms with Gasteiger partial charge in [-0.3, -0.25) is 4.79 Å². The number of fused-ring (bicyclic) bond motifs is 1. The van der Waals surface area contributed by atoms with E-state index < -0.39 is 30.6 Å². The van der Waals surface area contributed by atoms with Crippen LogP contribution in [0.5, 0.6) is 5.75 Å². The van der Waals surface area contributed by atoms with E-state index >= 15 is 0 Å². The van der Waals surface area contributed by atoms with Crippen molar-refractivity contribution in [3.8, 4) is 5.75 Å². The monoisotopic (exact) mass is 420 g/mol. The molecule has 6 atom stereocenters. The fourth-order valence-electron chi connectivity index (χ4n) is 4.41. The number of unbranched alkanes of at least 4 members (excludes halogenated alkanes) is 1. The fraction of sp³-hybridized carbons (Fsp3) is 0.609. The third kappa shape index (κ3) is 6.04. The van der Waals surface area contributed by atoms with E-state index in [0.717, 1.165) is 11.3 Å². The normalized spacial score (nSPS) is 29.5. The number of carboxylic acid groups (broad SMARTS) is 1. The summed E-state index contributed by atoms with van der Waals surface area (Å²) < 4.78 is 11.4. The Hall–Kier alpha value is -1.93. The number of carboxylic acids is 1. The van der Waals surface area contributed by atoms with E-state index in [1.807, 2.05) is 36.4 Å². The Labute approximate surface area is 176 Å². The molecule has 30 heavy (non-hydrogen) atoms. The van der Waals surface area contributed by atoms with Gasteiger partial charge in [-0.1, -0.05) is 30.4 Å². The lowest BCUT2D eigenvalue weighted by atomic mass is 9.86. The Bertz CT molecular complexity index is 719. The number of benzene rings is 1. The number of rotatable bonds is 10. The molecular formula is C23H32O7. The van der Waals surface area contributed by atoms with Crippen LogP contribution in [-0.4, -0.2) is 51.0 Å². The second kappa shape index (κ2) is 10.9. The third-order valence-corrected chi connectivity index (χ3v) is 6.09. The summed E-state index contributed by atoms with van der Waals surface area (Å²) in [4.78, 5) is 10.5. The molecule has 7 heteroatoms. The summed E-state index contributed by atoms with van der Waals surface area (Å²) in [5.74, 6) is -0.285. The summed E-state index contributed by atoms with van der Waals surface area (Å²) in [7, 11) is 0. The highest BCUT2D eigenvalue weighted by Crippen LogP contribution is 2.39. The van der Waals surface area contributed by atoms with Crippen LogP contribution in [0.1, 0.15) is 50.5 Å². The van der Waals surface area contributed by atoms with Crippen LogP contribution in [0.2, 0.25) is 0 Å². The molecule has 0 bridgehead atoms. The highest BCUT2D eigenvalue weighted by atomic mass is 16.7. The molecular weight excluding hydrogens is 388 g/mol. The molecule has 3 rings (SSSR count). The second-order valence-corrected chi connectivity index (χ2v) is 8.24. The summed E-state index contributed by atoms with van der Waals surface area (Å²) in [5.41, 5.74) is 0.950. The minimum Gasteiger partial charge on any atom is -0.481 e. The number of carbonyl (C=O) groups is 1. The zero-order valence-electron chi connectivity index (χ0n) is 17.1. The SMILES string of the molecule is O=C(O)CCCC=CC[C@@H]1[C@@H](CC[C@@H](O)[C@@H]2OCc3ccccc3O2)[C@H](O)C[C@@H]1O. The Balaban J connectivity index is 1.47. The van der Waals surface area contributed by atoms with Crippen LogP contribution in [0.4, 0.5) is 0 Å². The molecule has 1 aliphatic heterocycles. The minimum atomic E-state index is -0.824. The molecule has 1 saturated carbocycles. The van der Waals surface area contributed by atoms with Gasteiger partial charge in [0.2, 0.25) is 6.29 Å². The number of hydrogen-bond acceptors (Lipinski definition) is 6. The Kier molecular flexibility index (Phi) is 8.27. The Morgan fingerprint density at radius 3 is 2.73 bits per heavy atom. The molecule has 0 unspecified atom stereocenters. The average molecular weight is 421 g/mol. The summed E-state index contributed by atoms with van der Waals surface area (Å²) in [6.07, 6.45) is 4.47. The fourth-order valence-corrected chi connectivity index (χ4v) is 4.41. The molecule has 0 spiro atoms. The first-order chi connectivity index (χ1) is 14.5. The van der Waals surface area contributed by atoms with Crippen LogP contribution < -0.4 is 4.74 Å². The number of ether oxygens (including phenoxy) is 2. The van der Waals surface area contributed by atoms with Gasteiger partial charge in [-0.05, 0) is 56.4 Å². The molecule has 1 heterocycles. The lowest BCUT2D eigenvalue weighted by Gasteiger charge is -2.31. The first-order valence-electron chi connectivity index (χ1n) is 10.7. The maximum Gasteiger partial charge on any atom is 0.303 e. The van der Waals surface area contributed by atoms with Crippen molar-refractivity contribution in [3.63, 3.8) is 0 Å². The quantitative estimate of drug-likeness (QED) is 0.340. The van der Waals surface area contributed by atoms with Crippen molar-refractivity contribution in [2.24, 2.45) is 11.8 Å². The molecule has 2 aliphatic rings. The lowest BCUT2D eigenvalue weighted by Crippen LogP contribution is -2.37. The first kappa shape index (κ1) is 22.7. The van der Waals surface area contributed by atoms with Crippen molar-refractivity contribution < 1.29 is 34.7 Å². The number of para-hydroxylation sites is 1. The molecule has 1 aliphatic carbocycles. The predicted molar refractivity (Wildman–Crippen MR) is 110 cm³/mol. The molecule has 7 nitrogen and oxygen atoms in total. The van der Waals surface area contributed by atoms with Gasteiger partial charge in [0.15, 0.2) is 0 Å². The smallest absolute Gasteiger partial charge is 0.303 e. The van der Waals surface area contributed by atoms with Crippen molar-refractivity contribution in [2.45, 2.75) is 76.2 Å². The molecule has 0 saturated heterocycles. The molecule has 0 amide bonds. The van der Waals surface area contributed by atoms with Gasteiger partial charge in [0.05, 0.1) is 18.8 Å². The summed E-state index contributed by atoms with van der Waals surface area (Å²) in [6.45, 7) is 0.387. The van der Waals surface area contributed by atoms with Gasteiger partial charge in [-0.2, -0.15) is 0 Å². The number of allylic oxidation sites excluding steroid dienone is 2. The zero-order chi connectivity index (χ0) is 21.5. The molecule has 1 aromatic carbocycles. The third-order valence-electron chi connectivity index (χ3n) is 6.09. The largest absolute Gasteiger partial charge is 0.481 e. The summed E-state index contributed by atoms with van der Waals surface area (Å²) >= 11 is 0. The predicted octanol–water partition coefficient (Wildman–Crippen LogP) is 2.62. The average Bonchev–Trinajstić information content (AvgIpc) is 3.00. The van der Waals surface area contributed by atoms with Crippen molar-refractivity contribution >= 4 is 5.97 Å². The van der Waals surface area contributed by atoms with Gasteiger partial charge in [-0.25, -0.2) is 0 Å². The molecule has 4 N–H and O–H groups in total. The van der Waals surface area contributed by atoms with Crippen LogP contribution >= 0.6 is 0 Å². The van der Waals surface area contributed by atoms with E-state index in [1.165, 1.54) is 0 Å². The number of aliphatic hydroxyl groups excluding tert-OH is 3. The number of aliphatic hydroxyl groups is 3. The highest BCUT2D eigenvalue weighted by molar-refractivity contribution is 5.66. The van der Waals surface area contributed by atoms with Crippen molar-refractivity contribution in [3.05, 3.63) is 42.0 Å². The molecule has 1 aromatic rings.